The molecule has 0 aliphatic carbocycles. The Morgan fingerprint density at radius 3 is 2.76 bits per heavy atom. The number of nitrogens with zero attached hydrogens (tertiary/aromatic N) is 3. The van der Waals surface area contributed by atoms with Crippen LogP contribution in [-0.2, 0) is 6.54 Å². The van der Waals surface area contributed by atoms with E-state index in [1.54, 1.807) is 16.7 Å². The van der Waals surface area contributed by atoms with E-state index in [-0.39, 0.29) is 22.6 Å². The molecule has 1 amide bonds. The van der Waals surface area contributed by atoms with Crippen molar-refractivity contribution in [3.63, 3.8) is 0 Å². The lowest BCUT2D eigenvalue weighted by Gasteiger charge is -2.04. The maximum Gasteiger partial charge on any atom is 0.349 e. The number of aromatic nitrogens is 1. The number of thiazole rings is 1. The number of terminal acetylenes is 1. The normalized spacial score (nSPS) is 11.8. The fourth-order valence-corrected chi connectivity index (χ4v) is 4.73. The summed E-state index contributed by atoms with van der Waals surface area (Å²) in [6.45, 7) is 0.0981. The number of rotatable bonds is 3. The van der Waals surface area contributed by atoms with Gasteiger partial charge in [-0.25, -0.2) is 4.79 Å². The molecule has 0 radical (unpaired) electrons. The highest BCUT2D eigenvalue weighted by molar-refractivity contribution is 7.16. The van der Waals surface area contributed by atoms with E-state index in [9.17, 15) is 19.7 Å². The molecule has 0 fully saturated rings. The Morgan fingerprint density at radius 1 is 1.15 bits per heavy atom. The summed E-state index contributed by atoms with van der Waals surface area (Å²) in [4.78, 5) is 40.5. The standard InChI is InChI=1S/C24H13N3O5S/c1-2-11-26-19-9-8-15(27(30)31)12-21(19)33-24(26)25-22(28)18-13-17-16-6-4-3-5-14(16)7-10-20(17)32-23(18)29/h1,3-10,12-13H,11H2. The third-order valence-electron chi connectivity index (χ3n) is 5.20. The van der Waals surface area contributed by atoms with Gasteiger partial charge in [-0.05, 0) is 29.0 Å². The smallest absolute Gasteiger partial charge is 0.349 e. The summed E-state index contributed by atoms with van der Waals surface area (Å²) in [6.07, 6.45) is 5.47. The highest BCUT2D eigenvalue weighted by Crippen LogP contribution is 2.26. The van der Waals surface area contributed by atoms with Gasteiger partial charge < -0.3 is 8.98 Å². The molecule has 0 aliphatic rings. The lowest BCUT2D eigenvalue weighted by molar-refractivity contribution is -0.384. The fraction of sp³-hybridized carbons (Fsp3) is 0.0417. The molecule has 0 saturated heterocycles. The molecule has 5 rings (SSSR count). The van der Waals surface area contributed by atoms with Crippen molar-refractivity contribution in [2.24, 2.45) is 4.99 Å². The second-order valence-electron chi connectivity index (χ2n) is 7.15. The molecule has 0 N–H and O–H groups in total. The Hall–Kier alpha value is -4.55. The number of hydrogen-bond donors (Lipinski definition) is 0. The summed E-state index contributed by atoms with van der Waals surface area (Å²) in [5.41, 5.74) is -0.128. The van der Waals surface area contributed by atoms with Crippen LogP contribution in [-0.4, -0.2) is 15.4 Å². The molecule has 9 heteroatoms. The van der Waals surface area contributed by atoms with Gasteiger partial charge in [0.2, 0.25) is 0 Å². The molecule has 0 aliphatic heterocycles. The molecule has 160 valence electrons. The van der Waals surface area contributed by atoms with Crippen LogP contribution in [0.5, 0.6) is 0 Å². The molecule has 0 spiro atoms. The summed E-state index contributed by atoms with van der Waals surface area (Å²) < 4.78 is 7.53. The molecule has 0 atom stereocenters. The van der Waals surface area contributed by atoms with E-state index in [4.69, 9.17) is 10.8 Å². The third kappa shape index (κ3) is 3.48. The van der Waals surface area contributed by atoms with Crippen LogP contribution in [0.1, 0.15) is 10.4 Å². The van der Waals surface area contributed by atoms with Crippen LogP contribution < -0.4 is 10.4 Å². The predicted molar refractivity (Wildman–Crippen MR) is 125 cm³/mol. The van der Waals surface area contributed by atoms with Crippen LogP contribution in [0.25, 0.3) is 32.0 Å². The zero-order chi connectivity index (χ0) is 23.1. The first-order valence-corrected chi connectivity index (χ1v) is 10.5. The highest BCUT2D eigenvalue weighted by Gasteiger charge is 2.17. The lowest BCUT2D eigenvalue weighted by atomic mass is 10.0. The van der Waals surface area contributed by atoms with Gasteiger partial charge in [0, 0.05) is 17.5 Å². The fourth-order valence-electron chi connectivity index (χ4n) is 3.67. The molecule has 33 heavy (non-hydrogen) atoms. The molecule has 0 unspecified atom stereocenters. The van der Waals surface area contributed by atoms with Gasteiger partial charge in [-0.15, -0.1) is 6.42 Å². The second kappa shape index (κ2) is 7.85. The Labute approximate surface area is 189 Å². The molecule has 3 aromatic carbocycles. The SMILES string of the molecule is C#CCn1c(=NC(=O)c2cc3c(ccc4ccccc43)oc2=O)sc2cc([N+](=O)[O-])ccc21. The number of nitro benzene ring substituents is 1. The number of fused-ring (bicyclic) bond motifs is 4. The number of non-ortho nitro benzene ring substituents is 1. The minimum absolute atomic E-state index is 0.0865. The summed E-state index contributed by atoms with van der Waals surface area (Å²) in [7, 11) is 0. The van der Waals surface area contributed by atoms with Crippen LogP contribution in [0, 0.1) is 22.5 Å². The summed E-state index contributed by atoms with van der Waals surface area (Å²) >= 11 is 1.07. The minimum Gasteiger partial charge on any atom is -0.422 e. The van der Waals surface area contributed by atoms with Gasteiger partial charge in [0.1, 0.15) is 11.1 Å². The number of amides is 1. The number of carbonyl (C=O) groups excluding carboxylic acids is 1. The van der Waals surface area contributed by atoms with Crippen molar-refractivity contribution in [2.75, 3.05) is 0 Å². The Bertz CT molecular complexity index is 1790. The number of benzene rings is 3. The molecule has 2 heterocycles. The van der Waals surface area contributed by atoms with Crippen molar-refractivity contribution in [3.8, 4) is 12.3 Å². The molecule has 0 bridgehead atoms. The van der Waals surface area contributed by atoms with E-state index in [1.807, 2.05) is 30.3 Å². The highest BCUT2D eigenvalue weighted by atomic mass is 32.1. The van der Waals surface area contributed by atoms with Crippen molar-refractivity contribution in [3.05, 3.63) is 91.6 Å². The van der Waals surface area contributed by atoms with E-state index in [0.29, 0.717) is 21.2 Å². The van der Waals surface area contributed by atoms with E-state index in [0.717, 1.165) is 22.1 Å². The van der Waals surface area contributed by atoms with Crippen molar-refractivity contribution in [2.45, 2.75) is 6.54 Å². The van der Waals surface area contributed by atoms with E-state index < -0.39 is 16.5 Å². The van der Waals surface area contributed by atoms with Crippen molar-refractivity contribution >= 4 is 54.9 Å². The monoisotopic (exact) mass is 455 g/mol. The van der Waals surface area contributed by atoms with Crippen molar-refractivity contribution < 1.29 is 14.1 Å². The van der Waals surface area contributed by atoms with Crippen LogP contribution in [0.2, 0.25) is 0 Å². The summed E-state index contributed by atoms with van der Waals surface area (Å²) in [5, 5.41) is 13.5. The summed E-state index contributed by atoms with van der Waals surface area (Å²) in [6, 6.07) is 16.9. The van der Waals surface area contributed by atoms with Gasteiger partial charge in [-0.1, -0.05) is 47.6 Å². The summed E-state index contributed by atoms with van der Waals surface area (Å²) in [5.74, 6) is 1.71. The van der Waals surface area contributed by atoms with Crippen molar-refractivity contribution in [1.29, 1.82) is 0 Å². The van der Waals surface area contributed by atoms with E-state index in [1.165, 1.54) is 18.2 Å². The van der Waals surface area contributed by atoms with Crippen LogP contribution in [0.4, 0.5) is 5.69 Å². The number of hydrogen-bond acceptors (Lipinski definition) is 6. The average molecular weight is 455 g/mol. The zero-order valence-corrected chi connectivity index (χ0v) is 17.7. The maximum absolute atomic E-state index is 13.0. The van der Waals surface area contributed by atoms with Gasteiger partial charge in [0.15, 0.2) is 4.80 Å². The first-order chi connectivity index (χ1) is 16.0. The average Bonchev–Trinajstić information content (AvgIpc) is 3.14. The van der Waals surface area contributed by atoms with Crippen molar-refractivity contribution in [1.82, 2.24) is 4.57 Å². The van der Waals surface area contributed by atoms with Crippen LogP contribution >= 0.6 is 11.3 Å². The third-order valence-corrected chi connectivity index (χ3v) is 6.24. The minimum atomic E-state index is -0.799. The van der Waals surface area contributed by atoms with Gasteiger partial charge in [0.25, 0.3) is 11.6 Å². The van der Waals surface area contributed by atoms with E-state index in [2.05, 4.69) is 10.9 Å². The largest absolute Gasteiger partial charge is 0.422 e. The van der Waals surface area contributed by atoms with Gasteiger partial charge in [0.05, 0.1) is 21.7 Å². The molecular weight excluding hydrogens is 442 g/mol. The van der Waals surface area contributed by atoms with Crippen LogP contribution in [0.15, 0.2) is 74.9 Å². The Balaban J connectivity index is 1.70. The lowest BCUT2D eigenvalue weighted by Crippen LogP contribution is -2.19. The van der Waals surface area contributed by atoms with Crippen LogP contribution in [0.3, 0.4) is 0 Å². The molecule has 8 nitrogen and oxygen atoms in total. The molecule has 5 aromatic rings. The number of nitro groups is 1. The second-order valence-corrected chi connectivity index (χ2v) is 8.16. The molecule has 0 saturated carbocycles. The molecular formula is C24H13N3O5S. The Morgan fingerprint density at radius 2 is 1.97 bits per heavy atom. The maximum atomic E-state index is 13.0. The quantitative estimate of drug-likeness (QED) is 0.133. The first kappa shape index (κ1) is 20.4. The topological polar surface area (TPSA) is 108 Å². The van der Waals surface area contributed by atoms with Gasteiger partial charge in [-0.2, -0.15) is 4.99 Å². The number of carbonyl (C=O) groups is 1. The Kier molecular flexibility index (Phi) is 4.84. The predicted octanol–water partition coefficient (Wildman–Crippen LogP) is 4.24. The van der Waals surface area contributed by atoms with Gasteiger partial charge in [-0.3, -0.25) is 14.9 Å². The zero-order valence-electron chi connectivity index (χ0n) is 16.8. The molecule has 2 aromatic heterocycles. The van der Waals surface area contributed by atoms with E-state index >= 15 is 0 Å². The first-order valence-electron chi connectivity index (χ1n) is 9.72. The van der Waals surface area contributed by atoms with Gasteiger partial charge >= 0.3 is 5.63 Å².